The van der Waals surface area contributed by atoms with Gasteiger partial charge in [0.15, 0.2) is 11.6 Å². The number of likely N-dealkylation sites (tertiary alicyclic amines) is 1. The van der Waals surface area contributed by atoms with E-state index in [0.717, 1.165) is 12.1 Å². The lowest BCUT2D eigenvalue weighted by molar-refractivity contribution is 0.0715. The molecule has 6 nitrogen and oxygen atoms in total. The summed E-state index contributed by atoms with van der Waals surface area (Å²) >= 11 is 0. The van der Waals surface area contributed by atoms with Gasteiger partial charge >= 0.3 is 0 Å². The first-order chi connectivity index (χ1) is 12.0. The first-order valence-electron chi connectivity index (χ1n) is 7.77. The van der Waals surface area contributed by atoms with E-state index in [1.54, 1.807) is 18.2 Å². The fourth-order valence-corrected chi connectivity index (χ4v) is 3.21. The van der Waals surface area contributed by atoms with Crippen molar-refractivity contribution in [3.05, 3.63) is 59.2 Å². The molecule has 2 heterocycles. The number of aliphatic hydroxyl groups excluding tert-OH is 1. The Bertz CT molecular complexity index is 959. The van der Waals surface area contributed by atoms with E-state index in [1.807, 2.05) is 0 Å². The van der Waals surface area contributed by atoms with E-state index in [-0.39, 0.29) is 18.9 Å². The van der Waals surface area contributed by atoms with Gasteiger partial charge < -0.3 is 10.0 Å². The molecule has 0 unspecified atom stereocenters. The second kappa shape index (κ2) is 5.89. The summed E-state index contributed by atoms with van der Waals surface area (Å²) in [5, 5.41) is 20.4. The number of β-amino-alcohol motifs (C(OH)–C–C–N with tert-alkyl or cyclic N) is 1. The van der Waals surface area contributed by atoms with Crippen molar-refractivity contribution in [3.8, 4) is 0 Å². The molecule has 1 saturated heterocycles. The van der Waals surface area contributed by atoms with Crippen LogP contribution in [0.1, 0.15) is 28.4 Å². The Kier molecular flexibility index (Phi) is 3.69. The number of H-pyrrole nitrogens is 1. The number of hydrogen-bond donors (Lipinski definition) is 2. The SMILES string of the molecule is O=C(c1ccc2n[nH]nc2c1)N1C[C@@H](O)C[C@H]1c1ccc(F)c(F)c1. The zero-order chi connectivity index (χ0) is 17.6. The lowest BCUT2D eigenvalue weighted by Gasteiger charge is -2.25. The highest BCUT2D eigenvalue weighted by atomic mass is 19.2. The van der Waals surface area contributed by atoms with Crippen LogP contribution in [0.5, 0.6) is 0 Å². The third-order valence-corrected chi connectivity index (χ3v) is 4.43. The number of aromatic amines is 1. The van der Waals surface area contributed by atoms with Crippen LogP contribution in [0.15, 0.2) is 36.4 Å². The molecule has 2 aromatic carbocycles. The first-order valence-corrected chi connectivity index (χ1v) is 7.77. The van der Waals surface area contributed by atoms with Crippen LogP contribution in [0.2, 0.25) is 0 Å². The first kappa shape index (κ1) is 15.6. The molecule has 3 aromatic rings. The van der Waals surface area contributed by atoms with E-state index in [0.29, 0.717) is 22.2 Å². The smallest absolute Gasteiger partial charge is 0.254 e. The number of hydrogen-bond acceptors (Lipinski definition) is 4. The molecule has 128 valence electrons. The zero-order valence-electron chi connectivity index (χ0n) is 13.0. The van der Waals surface area contributed by atoms with E-state index < -0.39 is 23.8 Å². The summed E-state index contributed by atoms with van der Waals surface area (Å²) in [4.78, 5) is 14.4. The average molecular weight is 344 g/mol. The lowest BCUT2D eigenvalue weighted by atomic mass is 10.0. The minimum atomic E-state index is -0.977. The lowest BCUT2D eigenvalue weighted by Crippen LogP contribution is -2.31. The maximum absolute atomic E-state index is 13.6. The van der Waals surface area contributed by atoms with Crippen LogP contribution in [-0.4, -0.2) is 44.0 Å². The summed E-state index contributed by atoms with van der Waals surface area (Å²) < 4.78 is 26.7. The quantitative estimate of drug-likeness (QED) is 0.747. The molecule has 8 heteroatoms. The van der Waals surface area contributed by atoms with Crippen molar-refractivity contribution in [2.45, 2.75) is 18.6 Å². The van der Waals surface area contributed by atoms with Gasteiger partial charge in [-0.3, -0.25) is 4.79 Å². The molecule has 2 atom stereocenters. The number of carbonyl (C=O) groups is 1. The Balaban J connectivity index is 1.68. The number of carbonyl (C=O) groups excluding carboxylic acids is 1. The molecular weight excluding hydrogens is 330 g/mol. The van der Waals surface area contributed by atoms with Crippen molar-refractivity contribution in [3.63, 3.8) is 0 Å². The average Bonchev–Trinajstić information content (AvgIpc) is 3.22. The van der Waals surface area contributed by atoms with Crippen molar-refractivity contribution in [2.24, 2.45) is 0 Å². The Morgan fingerprint density at radius 1 is 1.12 bits per heavy atom. The fourth-order valence-electron chi connectivity index (χ4n) is 3.21. The van der Waals surface area contributed by atoms with Gasteiger partial charge in [-0.1, -0.05) is 6.07 Å². The van der Waals surface area contributed by atoms with Crippen LogP contribution >= 0.6 is 0 Å². The zero-order valence-corrected chi connectivity index (χ0v) is 13.0. The Morgan fingerprint density at radius 3 is 2.72 bits per heavy atom. The molecule has 0 radical (unpaired) electrons. The van der Waals surface area contributed by atoms with E-state index >= 15 is 0 Å². The van der Waals surface area contributed by atoms with Crippen LogP contribution in [0.4, 0.5) is 8.78 Å². The van der Waals surface area contributed by atoms with Gasteiger partial charge in [0.2, 0.25) is 0 Å². The van der Waals surface area contributed by atoms with E-state index in [2.05, 4.69) is 15.4 Å². The van der Waals surface area contributed by atoms with Gasteiger partial charge in [0.25, 0.3) is 5.91 Å². The molecule has 1 amide bonds. The molecule has 4 rings (SSSR count). The second-order valence-corrected chi connectivity index (χ2v) is 6.06. The van der Waals surface area contributed by atoms with Crippen molar-refractivity contribution in [1.29, 1.82) is 0 Å². The van der Waals surface area contributed by atoms with Crippen LogP contribution in [0.25, 0.3) is 11.0 Å². The molecule has 0 spiro atoms. The van der Waals surface area contributed by atoms with Crippen molar-refractivity contribution < 1.29 is 18.7 Å². The van der Waals surface area contributed by atoms with Gasteiger partial charge in [0, 0.05) is 12.1 Å². The number of aliphatic hydroxyl groups is 1. The summed E-state index contributed by atoms with van der Waals surface area (Å²) in [5.74, 6) is -2.23. The predicted octanol–water partition coefficient (Wildman–Crippen LogP) is 2.18. The minimum absolute atomic E-state index is 0.124. The number of halogens is 2. The van der Waals surface area contributed by atoms with Gasteiger partial charge in [-0.05, 0) is 42.3 Å². The number of nitrogens with zero attached hydrogens (tertiary/aromatic N) is 3. The Labute approximate surface area is 141 Å². The van der Waals surface area contributed by atoms with Crippen LogP contribution in [-0.2, 0) is 0 Å². The van der Waals surface area contributed by atoms with Gasteiger partial charge in [0.1, 0.15) is 11.0 Å². The summed E-state index contributed by atoms with van der Waals surface area (Å²) in [5.41, 5.74) is 2.03. The summed E-state index contributed by atoms with van der Waals surface area (Å²) in [6, 6.07) is 7.91. The summed E-state index contributed by atoms with van der Waals surface area (Å²) in [6.07, 6.45) is -0.457. The largest absolute Gasteiger partial charge is 0.391 e. The van der Waals surface area contributed by atoms with E-state index in [1.165, 1.54) is 11.0 Å². The molecule has 0 bridgehead atoms. The number of rotatable bonds is 2. The topological polar surface area (TPSA) is 82.1 Å². The van der Waals surface area contributed by atoms with Gasteiger partial charge in [0.05, 0.1) is 12.1 Å². The molecule has 0 saturated carbocycles. The Morgan fingerprint density at radius 2 is 1.92 bits per heavy atom. The molecule has 1 aliphatic heterocycles. The standard InChI is InChI=1S/C17H14F2N4O2/c18-12-3-1-9(5-13(12)19)16-7-11(24)8-23(16)17(25)10-2-4-14-15(6-10)21-22-20-14/h1-6,11,16,24H,7-8H2,(H,20,21,22)/t11-,16-/m0/s1. The van der Waals surface area contributed by atoms with Crippen molar-refractivity contribution in [2.75, 3.05) is 6.54 Å². The minimum Gasteiger partial charge on any atom is -0.391 e. The number of fused-ring (bicyclic) bond motifs is 1. The second-order valence-electron chi connectivity index (χ2n) is 6.06. The van der Waals surface area contributed by atoms with E-state index in [4.69, 9.17) is 0 Å². The van der Waals surface area contributed by atoms with Gasteiger partial charge in [-0.15, -0.1) is 0 Å². The maximum Gasteiger partial charge on any atom is 0.254 e. The summed E-state index contributed by atoms with van der Waals surface area (Å²) in [7, 11) is 0. The van der Waals surface area contributed by atoms with Crippen LogP contribution in [0, 0.1) is 11.6 Å². The van der Waals surface area contributed by atoms with Gasteiger partial charge in [-0.2, -0.15) is 15.4 Å². The predicted molar refractivity (Wildman–Crippen MR) is 84.6 cm³/mol. The molecule has 2 N–H and O–H groups in total. The molecule has 1 aromatic heterocycles. The van der Waals surface area contributed by atoms with E-state index in [9.17, 15) is 18.7 Å². The number of amides is 1. The molecular formula is C17H14F2N4O2. The van der Waals surface area contributed by atoms with Crippen molar-refractivity contribution in [1.82, 2.24) is 20.3 Å². The number of aromatic nitrogens is 3. The summed E-state index contributed by atoms with van der Waals surface area (Å²) in [6.45, 7) is 0.124. The van der Waals surface area contributed by atoms with Crippen molar-refractivity contribution >= 4 is 16.9 Å². The molecule has 1 aliphatic rings. The van der Waals surface area contributed by atoms with Gasteiger partial charge in [-0.25, -0.2) is 8.78 Å². The normalized spacial score (nSPS) is 20.4. The highest BCUT2D eigenvalue weighted by Crippen LogP contribution is 2.34. The monoisotopic (exact) mass is 344 g/mol. The highest BCUT2D eigenvalue weighted by Gasteiger charge is 2.36. The number of nitrogens with one attached hydrogen (secondary N) is 1. The third kappa shape index (κ3) is 2.74. The van der Waals surface area contributed by atoms with Crippen LogP contribution in [0.3, 0.4) is 0 Å². The Hall–Kier alpha value is -2.87. The molecule has 0 aliphatic carbocycles. The third-order valence-electron chi connectivity index (χ3n) is 4.43. The fraction of sp³-hybridized carbons (Fsp3) is 0.235. The number of benzene rings is 2. The molecule has 1 fully saturated rings. The maximum atomic E-state index is 13.6. The highest BCUT2D eigenvalue weighted by molar-refractivity contribution is 5.97. The van der Waals surface area contributed by atoms with Crippen LogP contribution < -0.4 is 0 Å². The molecule has 25 heavy (non-hydrogen) atoms.